The summed E-state index contributed by atoms with van der Waals surface area (Å²) in [6.45, 7) is 0.804. The van der Waals surface area contributed by atoms with Crippen LogP contribution in [0.1, 0.15) is 44.9 Å². The third kappa shape index (κ3) is 7.88. The first-order chi connectivity index (χ1) is 8.83. The molecule has 0 aromatic heterocycles. The summed E-state index contributed by atoms with van der Waals surface area (Å²) < 4.78 is 5.64. The maximum Gasteiger partial charge on any atom is 0.119 e. The van der Waals surface area contributed by atoms with E-state index in [2.05, 4.69) is 12.6 Å². The predicted molar refractivity (Wildman–Crippen MR) is 83.1 cm³/mol. The SMILES string of the molecule is SCCCCCCCCCOc1ccc(Cl)cc1. The van der Waals surface area contributed by atoms with Crippen LogP contribution in [0.4, 0.5) is 0 Å². The normalized spacial score (nSPS) is 10.6. The van der Waals surface area contributed by atoms with Crippen molar-refractivity contribution in [3.8, 4) is 5.75 Å². The number of rotatable bonds is 10. The van der Waals surface area contributed by atoms with Crippen LogP contribution in [0, 0.1) is 0 Å². The Hall–Kier alpha value is -0.340. The summed E-state index contributed by atoms with van der Waals surface area (Å²) in [7, 11) is 0. The summed E-state index contributed by atoms with van der Waals surface area (Å²) in [5.41, 5.74) is 0. The Kier molecular flexibility index (Phi) is 9.23. The van der Waals surface area contributed by atoms with Crippen molar-refractivity contribution < 1.29 is 4.74 Å². The summed E-state index contributed by atoms with van der Waals surface area (Å²) in [6.07, 6.45) is 8.97. The van der Waals surface area contributed by atoms with E-state index < -0.39 is 0 Å². The largest absolute Gasteiger partial charge is 0.494 e. The lowest BCUT2D eigenvalue weighted by molar-refractivity contribution is 0.304. The summed E-state index contributed by atoms with van der Waals surface area (Å²) >= 11 is 10.0. The Morgan fingerprint density at radius 1 is 0.833 bits per heavy atom. The topological polar surface area (TPSA) is 9.23 Å². The maximum atomic E-state index is 5.81. The van der Waals surface area contributed by atoms with Gasteiger partial charge in [0.2, 0.25) is 0 Å². The number of ether oxygens (including phenoxy) is 1. The molecule has 102 valence electrons. The molecule has 0 radical (unpaired) electrons. The fraction of sp³-hybridized carbons (Fsp3) is 0.600. The van der Waals surface area contributed by atoms with E-state index >= 15 is 0 Å². The Morgan fingerprint density at radius 2 is 1.39 bits per heavy atom. The van der Waals surface area contributed by atoms with E-state index in [4.69, 9.17) is 16.3 Å². The second kappa shape index (κ2) is 10.6. The van der Waals surface area contributed by atoms with Crippen molar-refractivity contribution in [2.24, 2.45) is 0 Å². The molecule has 0 aliphatic heterocycles. The third-order valence-electron chi connectivity index (χ3n) is 2.88. The number of unbranched alkanes of at least 4 members (excludes halogenated alkanes) is 6. The average molecular weight is 287 g/mol. The van der Waals surface area contributed by atoms with Crippen LogP contribution in [0.2, 0.25) is 5.02 Å². The van der Waals surface area contributed by atoms with E-state index in [-0.39, 0.29) is 0 Å². The molecule has 0 fully saturated rings. The standard InChI is InChI=1S/C15H23ClOS/c16-14-8-10-15(11-9-14)17-12-6-4-2-1-3-5-7-13-18/h8-11,18H,1-7,12-13H2. The van der Waals surface area contributed by atoms with E-state index in [1.54, 1.807) is 0 Å². The van der Waals surface area contributed by atoms with Crippen LogP contribution in [0.3, 0.4) is 0 Å². The molecule has 3 heteroatoms. The highest BCUT2D eigenvalue weighted by Crippen LogP contribution is 2.16. The Bertz CT molecular complexity index is 300. The third-order valence-corrected chi connectivity index (χ3v) is 3.45. The Labute approximate surface area is 121 Å². The Morgan fingerprint density at radius 3 is 2.00 bits per heavy atom. The van der Waals surface area contributed by atoms with Gasteiger partial charge in [0.25, 0.3) is 0 Å². The van der Waals surface area contributed by atoms with Gasteiger partial charge in [-0.2, -0.15) is 12.6 Å². The zero-order valence-electron chi connectivity index (χ0n) is 10.9. The summed E-state index contributed by atoms with van der Waals surface area (Å²) in [4.78, 5) is 0. The lowest BCUT2D eigenvalue weighted by Gasteiger charge is -2.06. The second-order valence-corrected chi connectivity index (χ2v) is 5.38. The van der Waals surface area contributed by atoms with Crippen molar-refractivity contribution in [1.29, 1.82) is 0 Å². The highest BCUT2D eigenvalue weighted by Gasteiger charge is 1.95. The van der Waals surface area contributed by atoms with Crippen LogP contribution in [0.5, 0.6) is 5.75 Å². The van der Waals surface area contributed by atoms with Crippen LogP contribution in [-0.2, 0) is 0 Å². The zero-order valence-corrected chi connectivity index (χ0v) is 12.6. The monoisotopic (exact) mass is 286 g/mol. The van der Waals surface area contributed by atoms with Crippen molar-refractivity contribution in [1.82, 2.24) is 0 Å². The van der Waals surface area contributed by atoms with Gasteiger partial charge < -0.3 is 4.74 Å². The quantitative estimate of drug-likeness (QED) is 0.449. The maximum absolute atomic E-state index is 5.81. The molecular formula is C15H23ClOS. The van der Waals surface area contributed by atoms with Gasteiger partial charge in [-0.05, 0) is 42.9 Å². The zero-order chi connectivity index (χ0) is 13.1. The van der Waals surface area contributed by atoms with E-state index in [0.29, 0.717) is 0 Å². The fourth-order valence-corrected chi connectivity index (χ4v) is 2.17. The highest BCUT2D eigenvalue weighted by molar-refractivity contribution is 7.80. The van der Waals surface area contributed by atoms with Gasteiger partial charge in [0, 0.05) is 5.02 Å². The smallest absolute Gasteiger partial charge is 0.119 e. The summed E-state index contributed by atoms with van der Waals surface area (Å²) in [5.74, 6) is 1.93. The molecule has 0 spiro atoms. The molecule has 0 saturated heterocycles. The van der Waals surface area contributed by atoms with Gasteiger partial charge in [-0.25, -0.2) is 0 Å². The van der Waals surface area contributed by atoms with E-state index in [1.807, 2.05) is 24.3 Å². The van der Waals surface area contributed by atoms with E-state index in [1.165, 1.54) is 38.5 Å². The van der Waals surface area contributed by atoms with Crippen molar-refractivity contribution >= 4 is 24.2 Å². The van der Waals surface area contributed by atoms with Gasteiger partial charge in [-0.3, -0.25) is 0 Å². The molecular weight excluding hydrogens is 264 g/mol. The van der Waals surface area contributed by atoms with Crippen LogP contribution in [-0.4, -0.2) is 12.4 Å². The summed E-state index contributed by atoms with van der Waals surface area (Å²) in [5, 5.41) is 0.753. The molecule has 1 nitrogen and oxygen atoms in total. The van der Waals surface area contributed by atoms with Gasteiger partial charge in [-0.1, -0.05) is 43.7 Å². The molecule has 0 unspecified atom stereocenters. The van der Waals surface area contributed by atoms with Crippen LogP contribution in [0.15, 0.2) is 24.3 Å². The number of hydrogen-bond acceptors (Lipinski definition) is 2. The highest BCUT2D eigenvalue weighted by atomic mass is 35.5. The molecule has 1 aromatic rings. The minimum Gasteiger partial charge on any atom is -0.494 e. The first-order valence-corrected chi connectivity index (χ1v) is 7.83. The molecule has 0 heterocycles. The second-order valence-electron chi connectivity index (χ2n) is 4.50. The molecule has 1 rings (SSSR count). The minimum absolute atomic E-state index is 0.753. The van der Waals surface area contributed by atoms with Crippen LogP contribution < -0.4 is 4.74 Å². The first-order valence-electron chi connectivity index (χ1n) is 6.82. The molecule has 0 N–H and O–H groups in total. The van der Waals surface area contributed by atoms with Crippen molar-refractivity contribution in [2.75, 3.05) is 12.4 Å². The number of hydrogen-bond donors (Lipinski definition) is 1. The molecule has 18 heavy (non-hydrogen) atoms. The molecule has 0 saturated carbocycles. The van der Waals surface area contributed by atoms with Crippen LogP contribution >= 0.6 is 24.2 Å². The van der Waals surface area contributed by atoms with Gasteiger partial charge >= 0.3 is 0 Å². The lowest BCUT2D eigenvalue weighted by Crippen LogP contribution is -1.96. The van der Waals surface area contributed by atoms with Gasteiger partial charge in [-0.15, -0.1) is 0 Å². The number of thiol groups is 1. The van der Waals surface area contributed by atoms with Gasteiger partial charge in [0.1, 0.15) is 5.75 Å². The molecule has 0 aliphatic rings. The van der Waals surface area contributed by atoms with Crippen LogP contribution in [0.25, 0.3) is 0 Å². The van der Waals surface area contributed by atoms with Crippen molar-refractivity contribution in [3.63, 3.8) is 0 Å². The van der Waals surface area contributed by atoms with Crippen molar-refractivity contribution in [2.45, 2.75) is 44.9 Å². The van der Waals surface area contributed by atoms with Gasteiger partial charge in [0.15, 0.2) is 0 Å². The number of halogens is 1. The molecule has 0 bridgehead atoms. The average Bonchev–Trinajstić information content (AvgIpc) is 2.39. The molecule has 0 aliphatic carbocycles. The summed E-state index contributed by atoms with van der Waals surface area (Å²) in [6, 6.07) is 7.55. The van der Waals surface area contributed by atoms with Gasteiger partial charge in [0.05, 0.1) is 6.61 Å². The van der Waals surface area contributed by atoms with E-state index in [0.717, 1.165) is 29.6 Å². The minimum atomic E-state index is 0.753. The molecule has 0 amide bonds. The predicted octanol–water partition coefficient (Wildman–Crippen LogP) is 5.38. The molecule has 0 atom stereocenters. The first kappa shape index (κ1) is 15.7. The molecule has 1 aromatic carbocycles. The Balaban J connectivity index is 1.91. The number of benzene rings is 1. The van der Waals surface area contributed by atoms with Crippen molar-refractivity contribution in [3.05, 3.63) is 29.3 Å². The van der Waals surface area contributed by atoms with E-state index in [9.17, 15) is 0 Å². The fourth-order valence-electron chi connectivity index (χ4n) is 1.82. The lowest BCUT2D eigenvalue weighted by atomic mass is 10.1.